The van der Waals surface area contributed by atoms with Crippen molar-refractivity contribution in [3.05, 3.63) is 65.2 Å². The summed E-state index contributed by atoms with van der Waals surface area (Å²) in [5.74, 6) is 0. The fourth-order valence-electron chi connectivity index (χ4n) is 3.02. The van der Waals surface area contributed by atoms with Gasteiger partial charge in [0, 0.05) is 10.1 Å². The van der Waals surface area contributed by atoms with Gasteiger partial charge in [-0.3, -0.25) is 0 Å². The van der Waals surface area contributed by atoms with Crippen LogP contribution in [0.25, 0.3) is 0 Å². The number of alkyl halides is 1. The highest BCUT2D eigenvalue weighted by atomic mass is 127. The Labute approximate surface area is 119 Å². The Hall–Kier alpha value is -0.480. The molecule has 4 rings (SSSR count). The third kappa shape index (κ3) is 1.31. The van der Waals surface area contributed by atoms with Crippen molar-refractivity contribution in [2.24, 2.45) is 0 Å². The zero-order chi connectivity index (χ0) is 11.5. The smallest absolute Gasteiger partial charge is 0.0746 e. The molecule has 2 atom stereocenters. The molecule has 2 bridgehead atoms. The Balaban J connectivity index is 2.05. The summed E-state index contributed by atoms with van der Waals surface area (Å²) < 4.78 is 0.209. The van der Waals surface area contributed by atoms with E-state index in [9.17, 15) is 0 Å². The number of rotatable bonds is 0. The predicted molar refractivity (Wildman–Crippen MR) is 80.9 cm³/mol. The Morgan fingerprint density at radius 2 is 1.71 bits per heavy atom. The lowest BCUT2D eigenvalue weighted by atomic mass is 9.93. The summed E-state index contributed by atoms with van der Waals surface area (Å²) in [5, 5.41) is 0.651. The molecule has 2 aliphatic rings. The molecule has 2 heteroatoms. The van der Waals surface area contributed by atoms with Gasteiger partial charge in [0.2, 0.25) is 0 Å². The van der Waals surface area contributed by atoms with Gasteiger partial charge in [-0.05, 0) is 29.2 Å². The molecule has 0 amide bonds. The molecule has 0 aromatic heterocycles. The molecule has 2 aromatic carbocycles. The molecule has 1 aliphatic heterocycles. The van der Waals surface area contributed by atoms with Gasteiger partial charge < -0.3 is 0 Å². The van der Waals surface area contributed by atoms with E-state index in [4.69, 9.17) is 0 Å². The number of hydrogen-bond donors (Lipinski definition) is 0. The van der Waals surface area contributed by atoms with Crippen LogP contribution >= 0.6 is 34.4 Å². The summed E-state index contributed by atoms with van der Waals surface area (Å²) in [5.41, 5.74) is 4.58. The molecule has 2 aromatic rings. The van der Waals surface area contributed by atoms with E-state index >= 15 is 0 Å². The lowest BCUT2D eigenvalue weighted by molar-refractivity contribution is 0.718. The maximum Gasteiger partial charge on any atom is 0.0746 e. The first-order chi connectivity index (χ1) is 8.29. The highest BCUT2D eigenvalue weighted by molar-refractivity contribution is 14.1. The minimum Gasteiger partial charge on any atom is -0.117 e. The van der Waals surface area contributed by atoms with E-state index in [2.05, 4.69) is 71.1 Å². The van der Waals surface area contributed by atoms with Gasteiger partial charge in [-0.15, -0.1) is 11.8 Å². The molecule has 0 N–H and O–H groups in total. The Morgan fingerprint density at radius 3 is 2.59 bits per heavy atom. The van der Waals surface area contributed by atoms with Gasteiger partial charge in [0.1, 0.15) is 0 Å². The van der Waals surface area contributed by atoms with E-state index in [0.29, 0.717) is 5.25 Å². The number of fused-ring (bicyclic) bond motifs is 7. The summed E-state index contributed by atoms with van der Waals surface area (Å²) in [6.45, 7) is 0. The summed E-state index contributed by atoms with van der Waals surface area (Å²) in [7, 11) is 0. The molecule has 17 heavy (non-hydrogen) atoms. The minimum absolute atomic E-state index is 0.209. The Morgan fingerprint density at radius 1 is 1.00 bits per heavy atom. The molecule has 1 heterocycles. The first-order valence-corrected chi connectivity index (χ1v) is 7.79. The summed E-state index contributed by atoms with van der Waals surface area (Å²) >= 11 is 4.70. The summed E-state index contributed by atoms with van der Waals surface area (Å²) in [6, 6.07) is 17.8. The van der Waals surface area contributed by atoms with Crippen LogP contribution in [0.1, 0.15) is 28.4 Å². The second kappa shape index (κ2) is 3.51. The standard InChI is InChI=1S/C15H11IS/c16-15-9-14(10-5-1-2-6-11(10)15)17-13-8-4-3-7-12(13)15/h1-8,14H,9H2. The van der Waals surface area contributed by atoms with Crippen LogP contribution in [-0.4, -0.2) is 0 Å². The van der Waals surface area contributed by atoms with Crippen LogP contribution in [0.5, 0.6) is 0 Å². The van der Waals surface area contributed by atoms with E-state index in [1.807, 2.05) is 11.8 Å². The summed E-state index contributed by atoms with van der Waals surface area (Å²) in [6.07, 6.45) is 1.24. The number of thioether (sulfide) groups is 1. The molecule has 1 aliphatic carbocycles. The van der Waals surface area contributed by atoms with Gasteiger partial charge in [-0.1, -0.05) is 65.1 Å². The van der Waals surface area contributed by atoms with E-state index in [0.717, 1.165) is 0 Å². The van der Waals surface area contributed by atoms with E-state index in [1.54, 1.807) is 5.56 Å². The molecule has 0 radical (unpaired) electrons. The van der Waals surface area contributed by atoms with Crippen LogP contribution < -0.4 is 0 Å². The zero-order valence-corrected chi connectivity index (χ0v) is 12.2. The molecule has 0 nitrogen and oxygen atoms in total. The van der Waals surface area contributed by atoms with Crippen LogP contribution in [0.4, 0.5) is 0 Å². The van der Waals surface area contributed by atoms with Crippen molar-refractivity contribution in [2.45, 2.75) is 20.0 Å². The van der Waals surface area contributed by atoms with Gasteiger partial charge >= 0.3 is 0 Å². The quantitative estimate of drug-likeness (QED) is 0.480. The number of benzene rings is 2. The number of halogens is 1. The average Bonchev–Trinajstić information content (AvgIpc) is 2.61. The highest BCUT2D eigenvalue weighted by Gasteiger charge is 2.47. The van der Waals surface area contributed by atoms with Crippen molar-refractivity contribution in [1.29, 1.82) is 0 Å². The summed E-state index contributed by atoms with van der Waals surface area (Å²) in [4.78, 5) is 1.47. The van der Waals surface area contributed by atoms with Crippen LogP contribution in [0.3, 0.4) is 0 Å². The third-order valence-corrected chi connectivity index (χ3v) is 6.70. The van der Waals surface area contributed by atoms with Gasteiger partial charge in [0.25, 0.3) is 0 Å². The fourth-order valence-corrected chi connectivity index (χ4v) is 6.41. The van der Waals surface area contributed by atoms with Crippen molar-refractivity contribution >= 4 is 34.4 Å². The Bertz CT molecular complexity index is 594. The van der Waals surface area contributed by atoms with Gasteiger partial charge in [-0.2, -0.15) is 0 Å². The topological polar surface area (TPSA) is 0 Å². The Kier molecular flexibility index (Phi) is 2.16. The lowest BCUT2D eigenvalue weighted by Crippen LogP contribution is -2.19. The lowest BCUT2D eigenvalue weighted by Gasteiger charge is -2.30. The third-order valence-electron chi connectivity index (χ3n) is 3.78. The largest absolute Gasteiger partial charge is 0.117 e. The van der Waals surface area contributed by atoms with Crippen molar-refractivity contribution in [3.8, 4) is 0 Å². The minimum atomic E-state index is 0.209. The molecule has 0 fully saturated rings. The van der Waals surface area contributed by atoms with Crippen molar-refractivity contribution in [1.82, 2.24) is 0 Å². The SMILES string of the molecule is IC12CC(Sc3ccccc31)c1ccccc12. The molecule has 2 unspecified atom stereocenters. The van der Waals surface area contributed by atoms with Crippen LogP contribution in [0, 0.1) is 0 Å². The highest BCUT2D eigenvalue weighted by Crippen LogP contribution is 2.64. The van der Waals surface area contributed by atoms with Crippen LogP contribution in [0.15, 0.2) is 53.4 Å². The maximum atomic E-state index is 2.67. The molecular weight excluding hydrogens is 339 g/mol. The first kappa shape index (κ1) is 10.4. The molecule has 0 spiro atoms. The molecular formula is C15H11IS. The number of hydrogen-bond acceptors (Lipinski definition) is 1. The molecule has 84 valence electrons. The predicted octanol–water partition coefficient (Wildman–Crippen LogP) is 4.92. The second-order valence-electron chi connectivity index (χ2n) is 4.70. The monoisotopic (exact) mass is 350 g/mol. The van der Waals surface area contributed by atoms with E-state index in [1.165, 1.54) is 22.4 Å². The molecule has 0 saturated carbocycles. The fraction of sp³-hybridized carbons (Fsp3) is 0.200. The van der Waals surface area contributed by atoms with Crippen LogP contribution in [-0.2, 0) is 3.42 Å². The van der Waals surface area contributed by atoms with E-state index < -0.39 is 0 Å². The van der Waals surface area contributed by atoms with E-state index in [-0.39, 0.29) is 3.42 Å². The van der Waals surface area contributed by atoms with Gasteiger partial charge in [0.05, 0.1) is 3.42 Å². The van der Waals surface area contributed by atoms with Crippen LogP contribution in [0.2, 0.25) is 0 Å². The van der Waals surface area contributed by atoms with Crippen molar-refractivity contribution < 1.29 is 0 Å². The van der Waals surface area contributed by atoms with Gasteiger partial charge in [-0.25, -0.2) is 0 Å². The van der Waals surface area contributed by atoms with Crippen molar-refractivity contribution in [3.63, 3.8) is 0 Å². The van der Waals surface area contributed by atoms with Crippen molar-refractivity contribution in [2.75, 3.05) is 0 Å². The second-order valence-corrected chi connectivity index (χ2v) is 7.78. The average molecular weight is 350 g/mol. The maximum absolute atomic E-state index is 2.67. The first-order valence-electron chi connectivity index (χ1n) is 5.83. The normalized spacial score (nSPS) is 28.6. The zero-order valence-electron chi connectivity index (χ0n) is 9.19. The van der Waals surface area contributed by atoms with Gasteiger partial charge in [0.15, 0.2) is 0 Å². The molecule has 0 saturated heterocycles.